The number of carbonyl (C=O) groups is 2. The highest BCUT2D eigenvalue weighted by molar-refractivity contribution is 5.84. The second-order valence-electron chi connectivity index (χ2n) is 7.18. The van der Waals surface area contributed by atoms with E-state index in [0.29, 0.717) is 12.3 Å². The molecule has 0 aliphatic rings. The fourth-order valence-corrected chi connectivity index (χ4v) is 2.56. The third-order valence-corrected chi connectivity index (χ3v) is 4.28. The highest BCUT2D eigenvalue weighted by Crippen LogP contribution is 2.20. The molecule has 28 heavy (non-hydrogen) atoms. The Hall–Kier alpha value is -2.34. The van der Waals surface area contributed by atoms with E-state index in [1.165, 1.54) is 7.11 Å². The van der Waals surface area contributed by atoms with Gasteiger partial charge >= 0.3 is 5.97 Å². The van der Waals surface area contributed by atoms with E-state index < -0.39 is 17.7 Å². The fraction of sp³-hybridized carbons (Fsp3) is 0.545. The summed E-state index contributed by atoms with van der Waals surface area (Å²) in [6, 6.07) is 7.02. The molecule has 1 atom stereocenters. The lowest BCUT2D eigenvalue weighted by atomic mass is 10.1. The summed E-state index contributed by atoms with van der Waals surface area (Å²) in [5.74, 6) is -0.614. The van der Waals surface area contributed by atoms with Gasteiger partial charge in [0.15, 0.2) is 11.7 Å². The normalized spacial score (nSPS) is 12.7. The number of hydrogen-bond acceptors (Lipinski definition) is 4. The Bertz CT molecular complexity index is 637. The van der Waals surface area contributed by atoms with Gasteiger partial charge in [-0.1, -0.05) is 37.6 Å². The molecule has 0 radical (unpaired) electrons. The zero-order chi connectivity index (χ0) is 21.0. The summed E-state index contributed by atoms with van der Waals surface area (Å²) in [5.41, 5.74) is -0.185. The van der Waals surface area contributed by atoms with Crippen LogP contribution in [-0.4, -0.2) is 42.3 Å². The van der Waals surface area contributed by atoms with Crippen molar-refractivity contribution in [2.75, 3.05) is 13.7 Å². The first-order valence-corrected chi connectivity index (χ1v) is 9.77. The molecule has 0 unspecified atom stereocenters. The van der Waals surface area contributed by atoms with Crippen LogP contribution in [0.3, 0.4) is 0 Å². The molecule has 0 fully saturated rings. The fourth-order valence-electron chi connectivity index (χ4n) is 2.56. The molecule has 0 heterocycles. The Morgan fingerprint density at radius 2 is 1.82 bits per heavy atom. The first-order valence-electron chi connectivity index (χ1n) is 9.77. The second-order valence-corrected chi connectivity index (χ2v) is 7.18. The number of nitrogens with one attached hydrogen (secondary N) is 1. The molecule has 0 aromatic heterocycles. The van der Waals surface area contributed by atoms with Crippen LogP contribution in [0.15, 0.2) is 36.4 Å². The summed E-state index contributed by atoms with van der Waals surface area (Å²) in [5, 5.41) is 12.0. The highest BCUT2D eigenvalue weighted by atomic mass is 16.5. The summed E-state index contributed by atoms with van der Waals surface area (Å²) in [7, 11) is 1.37. The van der Waals surface area contributed by atoms with E-state index in [-0.39, 0.29) is 12.3 Å². The number of rotatable bonds is 13. The van der Waals surface area contributed by atoms with E-state index >= 15 is 0 Å². The largest absolute Gasteiger partial charge is 0.479 e. The molecule has 6 nitrogen and oxygen atoms in total. The average molecular weight is 392 g/mol. The Balaban J connectivity index is 2.49. The lowest BCUT2D eigenvalue weighted by Gasteiger charge is -2.25. The van der Waals surface area contributed by atoms with Crippen molar-refractivity contribution >= 4 is 11.9 Å². The van der Waals surface area contributed by atoms with Gasteiger partial charge in [0, 0.05) is 20.1 Å². The maximum Gasteiger partial charge on any atom is 0.333 e. The van der Waals surface area contributed by atoms with E-state index in [9.17, 15) is 9.59 Å². The number of methoxy groups -OCH3 is 1. The van der Waals surface area contributed by atoms with Gasteiger partial charge in [0.2, 0.25) is 0 Å². The lowest BCUT2D eigenvalue weighted by Crippen LogP contribution is -2.46. The molecule has 0 spiro atoms. The van der Waals surface area contributed by atoms with Crippen molar-refractivity contribution in [1.29, 1.82) is 0 Å². The number of amides is 1. The molecule has 0 saturated heterocycles. The Morgan fingerprint density at radius 1 is 1.18 bits per heavy atom. The number of hydrogen-bond donors (Lipinski definition) is 2. The first-order chi connectivity index (χ1) is 13.3. The van der Waals surface area contributed by atoms with Gasteiger partial charge in [0.25, 0.3) is 5.91 Å². The molecule has 2 N–H and O–H groups in total. The van der Waals surface area contributed by atoms with E-state index in [4.69, 9.17) is 14.6 Å². The van der Waals surface area contributed by atoms with Crippen LogP contribution in [0.25, 0.3) is 0 Å². The quantitative estimate of drug-likeness (QED) is 0.395. The van der Waals surface area contributed by atoms with Crippen LogP contribution in [0.1, 0.15) is 52.0 Å². The number of benzene rings is 1. The third kappa shape index (κ3) is 8.57. The van der Waals surface area contributed by atoms with Gasteiger partial charge in [-0.2, -0.15) is 0 Å². The topological polar surface area (TPSA) is 84.9 Å². The Morgan fingerprint density at radius 3 is 2.39 bits per heavy atom. The number of unbranched alkanes of at least 4 members (excludes halogenated alkanes) is 2. The van der Waals surface area contributed by atoms with Crippen LogP contribution in [0.2, 0.25) is 0 Å². The van der Waals surface area contributed by atoms with Crippen molar-refractivity contribution in [2.45, 2.75) is 64.6 Å². The van der Waals surface area contributed by atoms with Crippen LogP contribution >= 0.6 is 0 Å². The molecule has 1 aromatic carbocycles. The molecule has 1 amide bonds. The summed E-state index contributed by atoms with van der Waals surface area (Å²) in [6.07, 6.45) is 7.78. The Labute approximate surface area is 167 Å². The van der Waals surface area contributed by atoms with Gasteiger partial charge in [0.05, 0.1) is 0 Å². The van der Waals surface area contributed by atoms with Gasteiger partial charge in [-0.3, -0.25) is 4.79 Å². The van der Waals surface area contributed by atoms with E-state index in [1.807, 2.05) is 0 Å². The molecule has 6 heteroatoms. The summed E-state index contributed by atoms with van der Waals surface area (Å²) in [6.45, 7) is 6.20. The van der Waals surface area contributed by atoms with Crippen molar-refractivity contribution in [3.8, 4) is 5.75 Å². The van der Waals surface area contributed by atoms with E-state index in [0.717, 1.165) is 31.2 Å². The van der Waals surface area contributed by atoms with Crippen molar-refractivity contribution < 1.29 is 24.2 Å². The van der Waals surface area contributed by atoms with Crippen LogP contribution in [0.4, 0.5) is 0 Å². The van der Waals surface area contributed by atoms with Crippen molar-refractivity contribution in [3.05, 3.63) is 42.0 Å². The summed E-state index contributed by atoms with van der Waals surface area (Å²) < 4.78 is 10.8. The maximum absolute atomic E-state index is 12.4. The molecule has 1 aromatic rings. The average Bonchev–Trinajstić information content (AvgIpc) is 2.66. The van der Waals surface area contributed by atoms with Gasteiger partial charge in [0.1, 0.15) is 5.75 Å². The highest BCUT2D eigenvalue weighted by Gasteiger charge is 2.29. The number of ether oxygens (including phenoxy) is 2. The van der Waals surface area contributed by atoms with E-state index in [2.05, 4.69) is 24.4 Å². The van der Waals surface area contributed by atoms with Crippen LogP contribution in [0.5, 0.6) is 5.75 Å². The number of carbonyl (C=O) groups excluding carboxylic acids is 1. The third-order valence-electron chi connectivity index (χ3n) is 4.28. The minimum Gasteiger partial charge on any atom is -0.479 e. The summed E-state index contributed by atoms with van der Waals surface area (Å²) >= 11 is 0. The second kappa shape index (κ2) is 12.2. The van der Waals surface area contributed by atoms with Crippen molar-refractivity contribution in [2.24, 2.45) is 0 Å². The molecular weight excluding hydrogens is 358 g/mol. The van der Waals surface area contributed by atoms with Gasteiger partial charge in [-0.15, -0.1) is 0 Å². The molecule has 0 aliphatic carbocycles. The zero-order valence-electron chi connectivity index (χ0n) is 17.4. The van der Waals surface area contributed by atoms with Crippen molar-refractivity contribution in [3.63, 3.8) is 0 Å². The molecular formula is C22H33NO5. The predicted octanol–water partition coefficient (Wildman–Crippen LogP) is 3.74. The van der Waals surface area contributed by atoms with Gasteiger partial charge in [-0.25, -0.2) is 4.79 Å². The molecule has 1 rings (SSSR count). The smallest absolute Gasteiger partial charge is 0.333 e. The standard InChI is InChI=1S/C22H33NO5/c1-5-6-7-8-9-10-15-23-21(26)22(2,3)28-18-13-11-17(12-14-18)16-19(27-4)20(24)25/h7-8,11-14,19H,5-6,9-10,15-16H2,1-4H3,(H,23,26)(H,24,25)/b8-7+/t19-/m0/s1. The van der Waals surface area contributed by atoms with Crippen LogP contribution < -0.4 is 10.1 Å². The number of aliphatic carboxylic acids is 1. The predicted molar refractivity (Wildman–Crippen MR) is 110 cm³/mol. The Kier molecular flexibility index (Phi) is 10.3. The lowest BCUT2D eigenvalue weighted by molar-refractivity contribution is -0.148. The molecule has 0 saturated carbocycles. The number of allylic oxidation sites excluding steroid dienone is 2. The van der Waals surface area contributed by atoms with Crippen molar-refractivity contribution in [1.82, 2.24) is 5.32 Å². The van der Waals surface area contributed by atoms with Gasteiger partial charge in [-0.05, 0) is 50.8 Å². The SMILES string of the molecule is CCC/C=C/CCCNC(=O)C(C)(C)Oc1ccc(C[C@H](OC)C(=O)O)cc1. The van der Waals surface area contributed by atoms with E-state index in [1.54, 1.807) is 38.1 Å². The van der Waals surface area contributed by atoms with Crippen LogP contribution in [-0.2, 0) is 20.7 Å². The molecule has 0 aliphatic heterocycles. The van der Waals surface area contributed by atoms with Gasteiger partial charge < -0.3 is 19.9 Å². The zero-order valence-corrected chi connectivity index (χ0v) is 17.4. The first kappa shape index (κ1) is 23.7. The minimum atomic E-state index is -1.00. The number of carboxylic acid groups (broad SMARTS) is 1. The monoisotopic (exact) mass is 391 g/mol. The molecule has 156 valence electrons. The maximum atomic E-state index is 12.4. The summed E-state index contributed by atoms with van der Waals surface area (Å²) in [4.78, 5) is 23.4. The number of carboxylic acids is 1. The minimum absolute atomic E-state index is 0.167. The molecule has 0 bridgehead atoms. The van der Waals surface area contributed by atoms with Crippen LogP contribution in [0, 0.1) is 0 Å².